The highest BCUT2D eigenvalue weighted by atomic mass is 35.5. The highest BCUT2D eigenvalue weighted by Crippen LogP contribution is 2.24. The minimum absolute atomic E-state index is 0.0759. The predicted octanol–water partition coefficient (Wildman–Crippen LogP) is 2.51. The molecule has 1 atom stereocenters. The molecule has 0 amide bonds. The van der Waals surface area contributed by atoms with Crippen molar-refractivity contribution in [1.29, 1.82) is 0 Å². The van der Waals surface area contributed by atoms with E-state index in [4.69, 9.17) is 22.1 Å². The normalized spacial score (nSPS) is 12.4. The van der Waals surface area contributed by atoms with Crippen molar-refractivity contribution in [2.24, 2.45) is 5.73 Å². The van der Waals surface area contributed by atoms with Gasteiger partial charge in [-0.3, -0.25) is 4.68 Å². The van der Waals surface area contributed by atoms with Crippen molar-refractivity contribution in [3.63, 3.8) is 0 Å². The van der Waals surface area contributed by atoms with E-state index in [0.717, 1.165) is 17.7 Å². The summed E-state index contributed by atoms with van der Waals surface area (Å²) in [4.78, 5) is 0. The molecule has 0 bridgehead atoms. The fourth-order valence-electron chi connectivity index (χ4n) is 1.88. The van der Waals surface area contributed by atoms with Gasteiger partial charge in [-0.15, -0.1) is 0 Å². The summed E-state index contributed by atoms with van der Waals surface area (Å²) in [6.07, 6.45) is 4.41. The highest BCUT2D eigenvalue weighted by molar-refractivity contribution is 6.30. The minimum Gasteiger partial charge on any atom is -0.491 e. The summed E-state index contributed by atoms with van der Waals surface area (Å²) in [6.45, 7) is 3.25. The molecule has 0 spiro atoms. The Labute approximate surface area is 118 Å². The van der Waals surface area contributed by atoms with Crippen LogP contribution in [0.1, 0.15) is 12.5 Å². The Morgan fingerprint density at radius 3 is 3.00 bits per heavy atom. The van der Waals surface area contributed by atoms with E-state index < -0.39 is 0 Å². The molecule has 0 fully saturated rings. The lowest BCUT2D eigenvalue weighted by molar-refractivity contribution is 0.288. The lowest BCUT2D eigenvalue weighted by Gasteiger charge is -2.13. The van der Waals surface area contributed by atoms with E-state index in [0.29, 0.717) is 18.2 Å². The van der Waals surface area contributed by atoms with E-state index in [9.17, 15) is 0 Å². The van der Waals surface area contributed by atoms with Crippen LogP contribution in [0.3, 0.4) is 0 Å². The maximum absolute atomic E-state index is 6.01. The molecule has 0 aliphatic rings. The van der Waals surface area contributed by atoms with Crippen LogP contribution in [-0.4, -0.2) is 22.4 Å². The van der Waals surface area contributed by atoms with Gasteiger partial charge < -0.3 is 10.5 Å². The van der Waals surface area contributed by atoms with Crippen LogP contribution in [-0.2, 0) is 13.0 Å². The van der Waals surface area contributed by atoms with E-state index in [1.807, 2.05) is 42.1 Å². The lowest BCUT2D eigenvalue weighted by atomic mass is 10.1. The number of rotatable bonds is 6. The topological polar surface area (TPSA) is 53.1 Å². The van der Waals surface area contributed by atoms with Crippen LogP contribution in [0.25, 0.3) is 0 Å². The zero-order chi connectivity index (χ0) is 13.7. The van der Waals surface area contributed by atoms with Crippen LogP contribution in [0.4, 0.5) is 0 Å². The molecule has 1 aromatic carbocycles. The smallest absolute Gasteiger partial charge is 0.122 e. The quantitative estimate of drug-likeness (QED) is 0.884. The van der Waals surface area contributed by atoms with Crippen molar-refractivity contribution in [2.45, 2.75) is 25.9 Å². The van der Waals surface area contributed by atoms with E-state index in [1.165, 1.54) is 0 Å². The number of benzene rings is 1. The Hall–Kier alpha value is -1.52. The molecular formula is C14H18ClN3O. The Bertz CT molecular complexity index is 511. The third kappa shape index (κ3) is 4.26. The van der Waals surface area contributed by atoms with Crippen molar-refractivity contribution >= 4 is 11.6 Å². The maximum atomic E-state index is 6.01. The molecule has 5 heteroatoms. The molecule has 2 aromatic rings. The van der Waals surface area contributed by atoms with Gasteiger partial charge in [-0.2, -0.15) is 5.10 Å². The van der Waals surface area contributed by atoms with Crippen LogP contribution in [0, 0.1) is 0 Å². The Morgan fingerprint density at radius 1 is 1.47 bits per heavy atom. The maximum Gasteiger partial charge on any atom is 0.122 e. The Kier molecular flexibility index (Phi) is 4.82. The second-order valence-electron chi connectivity index (χ2n) is 4.55. The van der Waals surface area contributed by atoms with Crippen molar-refractivity contribution < 1.29 is 4.74 Å². The van der Waals surface area contributed by atoms with Crippen molar-refractivity contribution in [2.75, 3.05) is 6.61 Å². The molecule has 0 aliphatic heterocycles. The molecule has 1 unspecified atom stereocenters. The first-order valence-electron chi connectivity index (χ1n) is 6.29. The summed E-state index contributed by atoms with van der Waals surface area (Å²) < 4.78 is 7.63. The first kappa shape index (κ1) is 13.9. The van der Waals surface area contributed by atoms with E-state index >= 15 is 0 Å². The van der Waals surface area contributed by atoms with E-state index in [-0.39, 0.29) is 6.04 Å². The average molecular weight is 280 g/mol. The van der Waals surface area contributed by atoms with Gasteiger partial charge in [-0.25, -0.2) is 0 Å². The average Bonchev–Trinajstić information content (AvgIpc) is 2.84. The molecule has 0 saturated carbocycles. The molecule has 19 heavy (non-hydrogen) atoms. The van der Waals surface area contributed by atoms with Gasteiger partial charge in [0.1, 0.15) is 12.4 Å². The second kappa shape index (κ2) is 6.59. The molecule has 1 heterocycles. The van der Waals surface area contributed by atoms with Crippen molar-refractivity contribution in [3.05, 3.63) is 47.2 Å². The van der Waals surface area contributed by atoms with Gasteiger partial charge in [0.25, 0.3) is 0 Å². The van der Waals surface area contributed by atoms with Crippen LogP contribution < -0.4 is 10.5 Å². The lowest BCUT2D eigenvalue weighted by Crippen LogP contribution is -2.18. The summed E-state index contributed by atoms with van der Waals surface area (Å²) in [6, 6.07) is 7.60. The number of ether oxygens (including phenoxy) is 1. The number of nitrogens with two attached hydrogens (primary N) is 1. The fraction of sp³-hybridized carbons (Fsp3) is 0.357. The monoisotopic (exact) mass is 279 g/mol. The van der Waals surface area contributed by atoms with Crippen molar-refractivity contribution in [3.8, 4) is 5.75 Å². The summed E-state index contributed by atoms with van der Waals surface area (Å²) in [5.41, 5.74) is 6.88. The first-order chi connectivity index (χ1) is 9.15. The van der Waals surface area contributed by atoms with Gasteiger partial charge in [0, 0.05) is 23.5 Å². The first-order valence-corrected chi connectivity index (χ1v) is 6.67. The Morgan fingerprint density at radius 2 is 2.32 bits per heavy atom. The van der Waals surface area contributed by atoms with Crippen LogP contribution in [0.5, 0.6) is 5.75 Å². The molecule has 0 radical (unpaired) electrons. The van der Waals surface area contributed by atoms with Crippen molar-refractivity contribution in [1.82, 2.24) is 9.78 Å². The summed E-state index contributed by atoms with van der Waals surface area (Å²) in [5, 5.41) is 4.83. The summed E-state index contributed by atoms with van der Waals surface area (Å²) >= 11 is 6.01. The van der Waals surface area contributed by atoms with Gasteiger partial charge in [0.2, 0.25) is 0 Å². The minimum atomic E-state index is 0.0759. The zero-order valence-corrected chi connectivity index (χ0v) is 11.7. The van der Waals surface area contributed by atoms with Crippen LogP contribution >= 0.6 is 11.6 Å². The molecule has 4 nitrogen and oxygen atoms in total. The number of halogens is 1. The van der Waals surface area contributed by atoms with Crippen LogP contribution in [0.2, 0.25) is 5.02 Å². The predicted molar refractivity (Wildman–Crippen MR) is 76.5 cm³/mol. The summed E-state index contributed by atoms with van der Waals surface area (Å²) in [7, 11) is 0. The van der Waals surface area contributed by atoms with Gasteiger partial charge in [0.15, 0.2) is 0 Å². The standard InChI is InChI=1S/C14H18ClN3O/c1-11(16)9-12-10-13(15)3-4-14(12)19-8-7-18-6-2-5-17-18/h2-6,10-11H,7-9,16H2,1H3. The highest BCUT2D eigenvalue weighted by Gasteiger charge is 2.07. The third-order valence-electron chi connectivity index (χ3n) is 2.70. The van der Waals surface area contributed by atoms with Gasteiger partial charge in [0.05, 0.1) is 6.54 Å². The molecule has 2 N–H and O–H groups in total. The van der Waals surface area contributed by atoms with E-state index in [2.05, 4.69) is 5.10 Å². The molecule has 2 rings (SSSR count). The molecule has 102 valence electrons. The number of nitrogens with zero attached hydrogens (tertiary/aromatic N) is 2. The largest absolute Gasteiger partial charge is 0.491 e. The SMILES string of the molecule is CC(N)Cc1cc(Cl)ccc1OCCn1cccn1. The second-order valence-corrected chi connectivity index (χ2v) is 4.99. The molecule has 0 aliphatic carbocycles. The zero-order valence-electron chi connectivity index (χ0n) is 10.9. The van der Waals surface area contributed by atoms with Crippen LogP contribution in [0.15, 0.2) is 36.7 Å². The number of aromatic nitrogens is 2. The van der Waals surface area contributed by atoms with Gasteiger partial charge in [-0.05, 0) is 43.2 Å². The molecule has 1 aromatic heterocycles. The molecule has 0 saturated heterocycles. The van der Waals surface area contributed by atoms with E-state index in [1.54, 1.807) is 6.20 Å². The van der Waals surface area contributed by atoms with Gasteiger partial charge in [-0.1, -0.05) is 11.6 Å². The van der Waals surface area contributed by atoms with Gasteiger partial charge >= 0.3 is 0 Å². The third-order valence-corrected chi connectivity index (χ3v) is 2.94. The number of hydrogen-bond donors (Lipinski definition) is 1. The fourth-order valence-corrected chi connectivity index (χ4v) is 2.07. The summed E-state index contributed by atoms with van der Waals surface area (Å²) in [5.74, 6) is 0.842. The Balaban J connectivity index is 1.98. The molecular weight excluding hydrogens is 262 g/mol. The number of hydrogen-bond acceptors (Lipinski definition) is 3.